The van der Waals surface area contributed by atoms with Gasteiger partial charge in [-0.05, 0) is 32.6 Å². The predicted octanol–water partition coefficient (Wildman–Crippen LogP) is 4.88. The van der Waals surface area contributed by atoms with Gasteiger partial charge in [-0.15, -0.1) is 0 Å². The number of hydrogen-bond acceptors (Lipinski definition) is 0. The van der Waals surface area contributed by atoms with Gasteiger partial charge in [-0.1, -0.05) is 43.9 Å². The number of unbranched alkanes of at least 4 members (excludes halogenated alkanes) is 2. The Morgan fingerprint density at radius 3 is 2.00 bits per heavy atom. The van der Waals surface area contributed by atoms with Gasteiger partial charge in [0.15, 0.2) is 0 Å². The lowest BCUT2D eigenvalue weighted by Crippen LogP contribution is -1.83. The van der Waals surface area contributed by atoms with Crippen molar-refractivity contribution >= 4 is 11.6 Å². The minimum absolute atomic E-state index is 1.08. The number of hydrogen-bond donors (Lipinski definition) is 0. The lowest BCUT2D eigenvalue weighted by atomic mass is 10.1. The molecule has 0 saturated carbocycles. The molecule has 12 heavy (non-hydrogen) atoms. The first-order chi connectivity index (χ1) is 5.72. The molecule has 0 spiro atoms. The summed E-state index contributed by atoms with van der Waals surface area (Å²) in [5, 5.41) is 1.10. The van der Waals surface area contributed by atoms with Crippen molar-refractivity contribution in [2.45, 2.75) is 59.3 Å². The van der Waals surface area contributed by atoms with Crippen LogP contribution in [-0.4, -0.2) is 0 Å². The van der Waals surface area contributed by atoms with E-state index in [0.717, 1.165) is 11.5 Å². The highest BCUT2D eigenvalue weighted by atomic mass is 35.5. The van der Waals surface area contributed by atoms with Crippen molar-refractivity contribution in [3.05, 3.63) is 10.6 Å². The molecule has 0 heterocycles. The molecule has 0 aromatic rings. The second-order valence-electron chi connectivity index (χ2n) is 3.39. The minimum atomic E-state index is 1.08. The molecular weight excluding hydrogens is 168 g/mol. The van der Waals surface area contributed by atoms with Crippen LogP contribution in [0.25, 0.3) is 0 Å². The Labute approximate surface area is 82.0 Å². The summed E-state index contributed by atoms with van der Waals surface area (Å²) in [6.45, 7) is 6.58. The SMILES string of the molecule is CCCC/C(C)=C(/Cl)CCCC. The van der Waals surface area contributed by atoms with Gasteiger partial charge in [0.05, 0.1) is 0 Å². The van der Waals surface area contributed by atoms with Gasteiger partial charge in [0, 0.05) is 5.03 Å². The first-order valence-corrected chi connectivity index (χ1v) is 5.44. The highest BCUT2D eigenvalue weighted by Crippen LogP contribution is 2.20. The van der Waals surface area contributed by atoms with Crippen LogP contribution in [0, 0.1) is 0 Å². The van der Waals surface area contributed by atoms with Crippen LogP contribution >= 0.6 is 11.6 Å². The van der Waals surface area contributed by atoms with Gasteiger partial charge in [0.1, 0.15) is 0 Å². The molecular formula is C11H21Cl. The zero-order chi connectivity index (χ0) is 9.40. The maximum absolute atomic E-state index is 6.13. The Morgan fingerprint density at radius 2 is 1.50 bits per heavy atom. The summed E-state index contributed by atoms with van der Waals surface area (Å²) in [6.07, 6.45) is 7.25. The van der Waals surface area contributed by atoms with Crippen LogP contribution in [0.15, 0.2) is 10.6 Å². The molecule has 72 valence electrons. The monoisotopic (exact) mass is 188 g/mol. The van der Waals surface area contributed by atoms with E-state index in [1.165, 1.54) is 37.7 Å². The van der Waals surface area contributed by atoms with E-state index in [4.69, 9.17) is 11.6 Å². The minimum Gasteiger partial charge on any atom is -0.0892 e. The average Bonchev–Trinajstić information content (AvgIpc) is 2.10. The molecule has 0 aliphatic heterocycles. The second kappa shape index (κ2) is 7.67. The highest BCUT2D eigenvalue weighted by molar-refractivity contribution is 6.29. The Hall–Kier alpha value is 0.0300. The summed E-state index contributed by atoms with van der Waals surface area (Å²) >= 11 is 6.13. The molecule has 0 aromatic carbocycles. The zero-order valence-corrected chi connectivity index (χ0v) is 9.38. The molecule has 0 amide bonds. The molecule has 1 heteroatoms. The van der Waals surface area contributed by atoms with Crippen LogP contribution in [0.1, 0.15) is 59.3 Å². The van der Waals surface area contributed by atoms with Crippen molar-refractivity contribution in [3.63, 3.8) is 0 Å². The van der Waals surface area contributed by atoms with Crippen molar-refractivity contribution in [3.8, 4) is 0 Å². The van der Waals surface area contributed by atoms with Crippen LogP contribution < -0.4 is 0 Å². The number of halogens is 1. The molecule has 0 aliphatic rings. The summed E-state index contributed by atoms with van der Waals surface area (Å²) in [4.78, 5) is 0. The average molecular weight is 189 g/mol. The molecule has 0 bridgehead atoms. The summed E-state index contributed by atoms with van der Waals surface area (Å²) in [6, 6.07) is 0. The quantitative estimate of drug-likeness (QED) is 0.558. The lowest BCUT2D eigenvalue weighted by molar-refractivity contribution is 0.762. The van der Waals surface area contributed by atoms with Crippen molar-refractivity contribution < 1.29 is 0 Å². The highest BCUT2D eigenvalue weighted by Gasteiger charge is 1.98. The molecule has 0 radical (unpaired) electrons. The van der Waals surface area contributed by atoms with Crippen LogP contribution in [0.5, 0.6) is 0 Å². The van der Waals surface area contributed by atoms with Crippen LogP contribution in [0.3, 0.4) is 0 Å². The van der Waals surface area contributed by atoms with E-state index in [-0.39, 0.29) is 0 Å². The third kappa shape index (κ3) is 5.65. The van der Waals surface area contributed by atoms with Crippen LogP contribution in [0.4, 0.5) is 0 Å². The van der Waals surface area contributed by atoms with Gasteiger partial charge >= 0.3 is 0 Å². The first-order valence-electron chi connectivity index (χ1n) is 5.06. The molecule has 0 fully saturated rings. The molecule has 0 atom stereocenters. The van der Waals surface area contributed by atoms with Crippen molar-refractivity contribution in [1.82, 2.24) is 0 Å². The summed E-state index contributed by atoms with van der Waals surface area (Å²) in [5.41, 5.74) is 1.40. The third-order valence-electron chi connectivity index (χ3n) is 2.12. The fourth-order valence-electron chi connectivity index (χ4n) is 1.12. The van der Waals surface area contributed by atoms with Gasteiger partial charge in [0.25, 0.3) is 0 Å². The molecule has 0 unspecified atom stereocenters. The number of rotatable bonds is 6. The molecule has 0 aliphatic carbocycles. The normalized spacial score (nSPS) is 13.0. The smallest absolute Gasteiger partial charge is 0.0170 e. The number of allylic oxidation sites excluding steroid dienone is 2. The van der Waals surface area contributed by atoms with Crippen LogP contribution in [0.2, 0.25) is 0 Å². The van der Waals surface area contributed by atoms with Gasteiger partial charge < -0.3 is 0 Å². The molecule has 0 aromatic heterocycles. The Balaban J connectivity index is 3.72. The van der Waals surface area contributed by atoms with E-state index < -0.39 is 0 Å². The van der Waals surface area contributed by atoms with Crippen molar-refractivity contribution in [2.75, 3.05) is 0 Å². The maximum atomic E-state index is 6.13. The van der Waals surface area contributed by atoms with E-state index >= 15 is 0 Å². The van der Waals surface area contributed by atoms with Crippen molar-refractivity contribution in [1.29, 1.82) is 0 Å². The Kier molecular flexibility index (Phi) is 7.69. The largest absolute Gasteiger partial charge is 0.0892 e. The van der Waals surface area contributed by atoms with E-state index in [2.05, 4.69) is 20.8 Å². The molecule has 0 rings (SSSR count). The topological polar surface area (TPSA) is 0 Å². The summed E-state index contributed by atoms with van der Waals surface area (Å²) in [7, 11) is 0. The fourth-order valence-corrected chi connectivity index (χ4v) is 1.35. The molecule has 0 nitrogen and oxygen atoms in total. The standard InChI is InChI=1S/C11H21Cl/c1-4-6-8-10(3)11(12)9-7-5-2/h4-9H2,1-3H3/b11-10+. The van der Waals surface area contributed by atoms with Crippen LogP contribution in [-0.2, 0) is 0 Å². The third-order valence-corrected chi connectivity index (χ3v) is 2.63. The predicted molar refractivity (Wildman–Crippen MR) is 57.6 cm³/mol. The van der Waals surface area contributed by atoms with Gasteiger partial charge in [-0.25, -0.2) is 0 Å². The lowest BCUT2D eigenvalue weighted by Gasteiger charge is -2.04. The zero-order valence-electron chi connectivity index (χ0n) is 8.62. The summed E-state index contributed by atoms with van der Waals surface area (Å²) < 4.78 is 0. The summed E-state index contributed by atoms with van der Waals surface area (Å²) in [5.74, 6) is 0. The van der Waals surface area contributed by atoms with E-state index in [1.807, 2.05) is 0 Å². The van der Waals surface area contributed by atoms with E-state index in [1.54, 1.807) is 0 Å². The molecule has 0 saturated heterocycles. The Morgan fingerprint density at radius 1 is 1.00 bits per heavy atom. The fraction of sp³-hybridized carbons (Fsp3) is 0.818. The Bertz CT molecular complexity index is 120. The van der Waals surface area contributed by atoms with Gasteiger partial charge in [-0.2, -0.15) is 0 Å². The van der Waals surface area contributed by atoms with Gasteiger partial charge in [-0.3, -0.25) is 0 Å². The van der Waals surface area contributed by atoms with E-state index in [0.29, 0.717) is 0 Å². The van der Waals surface area contributed by atoms with E-state index in [9.17, 15) is 0 Å². The maximum Gasteiger partial charge on any atom is 0.0170 e. The first kappa shape index (κ1) is 12.0. The molecule has 0 N–H and O–H groups in total. The second-order valence-corrected chi connectivity index (χ2v) is 3.85. The van der Waals surface area contributed by atoms with Crippen molar-refractivity contribution in [2.24, 2.45) is 0 Å². The van der Waals surface area contributed by atoms with Gasteiger partial charge in [0.2, 0.25) is 0 Å².